The van der Waals surface area contributed by atoms with E-state index in [1.54, 1.807) is 0 Å². The highest BCUT2D eigenvalue weighted by Gasteiger charge is 2.06. The molecule has 0 aliphatic heterocycles. The molecule has 0 aliphatic rings. The maximum Gasteiger partial charge on any atom is 0.303 e. The van der Waals surface area contributed by atoms with E-state index in [1.165, 1.54) is 0 Å². The van der Waals surface area contributed by atoms with Crippen molar-refractivity contribution in [3.05, 3.63) is 60.2 Å². The van der Waals surface area contributed by atoms with Gasteiger partial charge in [0.2, 0.25) is 5.91 Å². The number of nitrogens with one attached hydrogen (secondary N) is 1. The molecule has 5 nitrogen and oxygen atoms in total. The molecule has 0 aliphatic carbocycles. The Morgan fingerprint density at radius 3 is 2.33 bits per heavy atom. The lowest BCUT2D eigenvalue weighted by Crippen LogP contribution is -2.14. The van der Waals surface area contributed by atoms with Crippen LogP contribution < -0.4 is 5.32 Å². The highest BCUT2D eigenvalue weighted by atomic mass is 16.5. The Morgan fingerprint density at radius 1 is 0.958 bits per heavy atom. The van der Waals surface area contributed by atoms with E-state index >= 15 is 0 Å². The number of hydrogen-bond acceptors (Lipinski definition) is 2. The quantitative estimate of drug-likeness (QED) is 0.693. The van der Waals surface area contributed by atoms with Crippen LogP contribution in [0.2, 0.25) is 0 Å². The SMILES string of the molecule is O=C(O)CCCc1ccc(NC(=O)CC[OH+]c2ccccc2)cc1. The van der Waals surface area contributed by atoms with Crippen LogP contribution in [-0.4, -0.2) is 28.3 Å². The maximum atomic E-state index is 11.9. The summed E-state index contributed by atoms with van der Waals surface area (Å²) >= 11 is 0. The Hall–Kier alpha value is -2.82. The van der Waals surface area contributed by atoms with Crippen LogP contribution in [0.25, 0.3) is 0 Å². The Balaban J connectivity index is 1.70. The van der Waals surface area contributed by atoms with Crippen LogP contribution in [0.5, 0.6) is 5.75 Å². The van der Waals surface area contributed by atoms with Gasteiger partial charge in [-0.3, -0.25) is 9.59 Å². The first-order valence-corrected chi connectivity index (χ1v) is 7.96. The van der Waals surface area contributed by atoms with Gasteiger partial charge < -0.3 is 15.2 Å². The second-order valence-corrected chi connectivity index (χ2v) is 5.46. The number of carbonyl (C=O) groups is 2. The molecule has 2 aromatic carbocycles. The minimum atomic E-state index is -0.778. The second-order valence-electron chi connectivity index (χ2n) is 5.46. The summed E-state index contributed by atoms with van der Waals surface area (Å²) < 4.78 is 4.34. The predicted molar refractivity (Wildman–Crippen MR) is 93.2 cm³/mol. The number of hydrogen-bond donors (Lipinski definition) is 2. The van der Waals surface area contributed by atoms with Crippen molar-refractivity contribution in [2.24, 2.45) is 0 Å². The fraction of sp³-hybridized carbons (Fsp3) is 0.263. The number of anilines is 1. The molecule has 24 heavy (non-hydrogen) atoms. The minimum Gasteiger partial charge on any atom is -0.582 e. The number of carboxylic acid groups (broad SMARTS) is 1. The molecule has 0 saturated carbocycles. The lowest BCUT2D eigenvalue weighted by atomic mass is 10.1. The van der Waals surface area contributed by atoms with Gasteiger partial charge in [0.1, 0.15) is 6.42 Å². The van der Waals surface area contributed by atoms with Crippen molar-refractivity contribution < 1.29 is 19.4 Å². The van der Waals surface area contributed by atoms with E-state index in [0.717, 1.165) is 23.4 Å². The third-order valence-electron chi connectivity index (χ3n) is 3.48. The van der Waals surface area contributed by atoms with E-state index in [0.29, 0.717) is 19.4 Å². The van der Waals surface area contributed by atoms with E-state index < -0.39 is 5.97 Å². The summed E-state index contributed by atoms with van der Waals surface area (Å²) in [7, 11) is 0. The fourth-order valence-electron chi connectivity index (χ4n) is 2.24. The number of aliphatic carboxylic acids is 1. The number of carbonyl (C=O) groups excluding carboxylic acids is 1. The van der Waals surface area contributed by atoms with Gasteiger partial charge in [0.25, 0.3) is 5.75 Å². The van der Waals surface area contributed by atoms with Gasteiger partial charge in [-0.25, -0.2) is 0 Å². The van der Waals surface area contributed by atoms with Gasteiger partial charge in [0.15, 0.2) is 6.61 Å². The monoisotopic (exact) mass is 328 g/mol. The molecule has 0 saturated heterocycles. The highest BCUT2D eigenvalue weighted by molar-refractivity contribution is 5.90. The molecule has 0 radical (unpaired) electrons. The molecule has 3 N–H and O–H groups in total. The van der Waals surface area contributed by atoms with Crippen molar-refractivity contribution in [2.75, 3.05) is 11.9 Å². The smallest absolute Gasteiger partial charge is 0.303 e. The number of para-hydroxylation sites is 1. The number of rotatable bonds is 9. The zero-order valence-corrected chi connectivity index (χ0v) is 13.4. The van der Waals surface area contributed by atoms with Crippen molar-refractivity contribution in [1.82, 2.24) is 0 Å². The van der Waals surface area contributed by atoms with Crippen LogP contribution in [0.4, 0.5) is 5.69 Å². The van der Waals surface area contributed by atoms with Crippen LogP contribution in [-0.2, 0) is 16.0 Å². The minimum absolute atomic E-state index is 0.0756. The Labute approximate surface area is 141 Å². The van der Waals surface area contributed by atoms with E-state index in [1.807, 2.05) is 54.6 Å². The summed E-state index contributed by atoms with van der Waals surface area (Å²) in [4.78, 5) is 22.4. The molecule has 0 spiro atoms. The van der Waals surface area contributed by atoms with Gasteiger partial charge in [-0.2, -0.15) is 0 Å². The Kier molecular flexibility index (Phi) is 6.83. The van der Waals surface area contributed by atoms with Crippen LogP contribution in [0.15, 0.2) is 54.6 Å². The highest BCUT2D eigenvalue weighted by Crippen LogP contribution is 2.13. The van der Waals surface area contributed by atoms with Crippen LogP contribution in [0, 0.1) is 0 Å². The molecule has 126 valence electrons. The summed E-state index contributed by atoms with van der Waals surface area (Å²) in [5.74, 6) is 0.0177. The first-order chi connectivity index (χ1) is 11.6. The number of benzene rings is 2. The first kappa shape index (κ1) is 17.5. The van der Waals surface area contributed by atoms with Crippen molar-refractivity contribution in [1.29, 1.82) is 0 Å². The standard InChI is InChI=1S/C19H21NO4/c21-18(13-14-24-17-6-2-1-3-7-17)20-16-11-9-15(10-12-16)5-4-8-19(22)23/h1-3,6-7,9-12H,4-5,8,13-14H2,(H,20,21)(H,22,23)/p+1. The summed E-state index contributed by atoms with van der Waals surface area (Å²) in [6.07, 6.45) is 1.83. The molecule has 2 aromatic rings. The fourth-order valence-corrected chi connectivity index (χ4v) is 2.24. The molecular weight excluding hydrogens is 306 g/mol. The molecule has 0 aromatic heterocycles. The van der Waals surface area contributed by atoms with E-state index in [-0.39, 0.29) is 12.3 Å². The molecule has 1 amide bonds. The average molecular weight is 328 g/mol. The number of amides is 1. The van der Waals surface area contributed by atoms with Crippen LogP contribution in [0.1, 0.15) is 24.8 Å². The van der Waals surface area contributed by atoms with Gasteiger partial charge in [0, 0.05) is 24.2 Å². The molecule has 0 fully saturated rings. The molecule has 5 heteroatoms. The third-order valence-corrected chi connectivity index (χ3v) is 3.48. The topological polar surface area (TPSA) is 79.2 Å². The van der Waals surface area contributed by atoms with Gasteiger partial charge in [-0.15, -0.1) is 0 Å². The Bertz CT molecular complexity index is 653. The van der Waals surface area contributed by atoms with Crippen molar-refractivity contribution in [3.63, 3.8) is 0 Å². The largest absolute Gasteiger partial charge is 0.582 e. The number of aryl methyl sites for hydroxylation is 1. The van der Waals surface area contributed by atoms with Crippen molar-refractivity contribution >= 4 is 17.6 Å². The van der Waals surface area contributed by atoms with Crippen LogP contribution >= 0.6 is 0 Å². The van der Waals surface area contributed by atoms with E-state index in [2.05, 4.69) is 10.1 Å². The Morgan fingerprint density at radius 2 is 1.67 bits per heavy atom. The molecule has 0 heterocycles. The molecule has 0 bridgehead atoms. The summed E-state index contributed by atoms with van der Waals surface area (Å²) in [5, 5.41) is 11.5. The second kappa shape index (κ2) is 9.35. The molecule has 2 rings (SSSR count). The zero-order valence-electron chi connectivity index (χ0n) is 13.4. The van der Waals surface area contributed by atoms with E-state index in [4.69, 9.17) is 5.11 Å². The van der Waals surface area contributed by atoms with E-state index in [9.17, 15) is 9.59 Å². The van der Waals surface area contributed by atoms with Crippen molar-refractivity contribution in [2.45, 2.75) is 25.7 Å². The number of ether oxygens (including phenoxy) is 1. The van der Waals surface area contributed by atoms with Gasteiger partial charge in [-0.05, 0) is 30.5 Å². The maximum absolute atomic E-state index is 11.9. The number of aliphatic hydroxyl groups is 1. The van der Waals surface area contributed by atoms with Crippen molar-refractivity contribution in [3.8, 4) is 5.75 Å². The first-order valence-electron chi connectivity index (χ1n) is 7.96. The number of aromatic hydroxyl groups is 1. The molecule has 0 atom stereocenters. The molecule has 0 unspecified atom stereocenters. The number of carboxylic acids is 1. The molecular formula is C19H22NO4+. The lowest BCUT2D eigenvalue weighted by molar-refractivity contribution is -0.137. The van der Waals surface area contributed by atoms with Crippen LogP contribution in [0.3, 0.4) is 0 Å². The third kappa shape index (κ3) is 6.52. The summed E-state index contributed by atoms with van der Waals surface area (Å²) in [6, 6.07) is 17.1. The summed E-state index contributed by atoms with van der Waals surface area (Å²) in [6.45, 7) is 0.448. The predicted octanol–water partition coefficient (Wildman–Crippen LogP) is 3.36. The van der Waals surface area contributed by atoms with Gasteiger partial charge in [-0.1, -0.05) is 30.3 Å². The summed E-state index contributed by atoms with van der Waals surface area (Å²) in [5.41, 5.74) is 1.80. The van der Waals surface area contributed by atoms with Gasteiger partial charge >= 0.3 is 5.97 Å². The lowest BCUT2D eigenvalue weighted by Gasteiger charge is -2.07. The normalized spacial score (nSPS) is 10.2. The average Bonchev–Trinajstić information content (AvgIpc) is 2.57. The van der Waals surface area contributed by atoms with Gasteiger partial charge in [0.05, 0.1) is 0 Å². The zero-order chi connectivity index (χ0) is 17.2.